The molecule has 1 saturated heterocycles. The predicted octanol–water partition coefficient (Wildman–Crippen LogP) is 2.49. The second-order valence-electron chi connectivity index (χ2n) is 6.95. The number of benzene rings is 1. The predicted molar refractivity (Wildman–Crippen MR) is 105 cm³/mol. The molecule has 0 spiro atoms. The molecule has 3 aromatic rings. The van der Waals surface area contributed by atoms with Crippen LogP contribution in [0.4, 0.5) is 0 Å². The minimum absolute atomic E-state index is 0.0513. The molecule has 0 bridgehead atoms. The van der Waals surface area contributed by atoms with Crippen LogP contribution in [0.2, 0.25) is 0 Å². The number of piperazine rings is 1. The van der Waals surface area contributed by atoms with Crippen molar-refractivity contribution in [3.05, 3.63) is 54.5 Å². The molecule has 1 fully saturated rings. The molecule has 1 aromatic carbocycles. The van der Waals surface area contributed by atoms with Crippen molar-refractivity contribution in [1.29, 1.82) is 0 Å². The molecule has 8 heteroatoms. The van der Waals surface area contributed by atoms with Gasteiger partial charge in [-0.3, -0.25) is 14.6 Å². The Balaban J connectivity index is 1.47. The van der Waals surface area contributed by atoms with Crippen molar-refractivity contribution in [2.75, 3.05) is 20.1 Å². The summed E-state index contributed by atoms with van der Waals surface area (Å²) in [5.41, 5.74) is 0.182. The number of oxazole rings is 1. The van der Waals surface area contributed by atoms with Gasteiger partial charge in [0.1, 0.15) is 18.1 Å². The molecule has 0 aliphatic carbocycles. The van der Waals surface area contributed by atoms with Gasteiger partial charge in [0.05, 0.1) is 0 Å². The minimum atomic E-state index is -0.470. The smallest absolute Gasteiger partial charge is 0.276 e. The second-order valence-corrected chi connectivity index (χ2v) is 6.95. The number of ether oxygens (including phenoxy) is 1. The number of carbonyl (C=O) groups is 2. The first kappa shape index (κ1) is 18.9. The van der Waals surface area contributed by atoms with Gasteiger partial charge in [-0.05, 0) is 18.6 Å². The molecule has 2 aromatic heterocycles. The van der Waals surface area contributed by atoms with Crippen LogP contribution in [0, 0.1) is 0 Å². The summed E-state index contributed by atoms with van der Waals surface area (Å²) in [5.74, 6) is 0.633. The molecule has 0 N–H and O–H groups in total. The lowest BCUT2D eigenvalue weighted by atomic mass is 10.1. The number of aromatic nitrogens is 2. The lowest BCUT2D eigenvalue weighted by molar-refractivity contribution is -0.138. The summed E-state index contributed by atoms with van der Waals surface area (Å²) in [6.45, 7) is 2.96. The molecule has 0 unspecified atom stereocenters. The maximum Gasteiger partial charge on any atom is 0.276 e. The van der Waals surface area contributed by atoms with Crippen molar-refractivity contribution in [3.63, 3.8) is 0 Å². The van der Waals surface area contributed by atoms with Gasteiger partial charge >= 0.3 is 0 Å². The van der Waals surface area contributed by atoms with E-state index in [0.29, 0.717) is 31.2 Å². The van der Waals surface area contributed by atoms with E-state index in [9.17, 15) is 9.59 Å². The molecule has 1 atom stereocenters. The fourth-order valence-corrected chi connectivity index (χ4v) is 3.53. The van der Waals surface area contributed by atoms with Gasteiger partial charge in [0.2, 0.25) is 11.8 Å². The van der Waals surface area contributed by atoms with Gasteiger partial charge in [-0.15, -0.1) is 0 Å². The first-order valence-corrected chi connectivity index (χ1v) is 9.54. The van der Waals surface area contributed by atoms with Crippen LogP contribution in [0.3, 0.4) is 0 Å². The lowest BCUT2D eigenvalue weighted by Crippen LogP contribution is -2.57. The Morgan fingerprint density at radius 3 is 3.00 bits per heavy atom. The van der Waals surface area contributed by atoms with Crippen molar-refractivity contribution in [2.45, 2.75) is 26.0 Å². The first-order valence-electron chi connectivity index (χ1n) is 9.54. The van der Waals surface area contributed by atoms with Gasteiger partial charge in [0, 0.05) is 43.3 Å². The van der Waals surface area contributed by atoms with Crippen LogP contribution >= 0.6 is 0 Å². The Bertz CT molecular complexity index is 1040. The summed E-state index contributed by atoms with van der Waals surface area (Å²) < 4.78 is 11.3. The number of hydrogen-bond donors (Lipinski definition) is 0. The molecule has 0 saturated carbocycles. The SMILES string of the molecule is CC[C@H]1C(=O)N(C)CCN1C(=O)c1coc(COc2cccc3cnccc23)n1. The van der Waals surface area contributed by atoms with E-state index in [2.05, 4.69) is 9.97 Å². The van der Waals surface area contributed by atoms with Crippen molar-refractivity contribution in [1.82, 2.24) is 19.8 Å². The van der Waals surface area contributed by atoms with Gasteiger partial charge in [-0.25, -0.2) is 4.98 Å². The number of fused-ring (bicyclic) bond motifs is 1. The molecule has 1 aliphatic rings. The maximum atomic E-state index is 12.9. The normalized spacial score (nSPS) is 17.0. The largest absolute Gasteiger partial charge is 0.483 e. The van der Waals surface area contributed by atoms with E-state index in [-0.39, 0.29) is 24.1 Å². The van der Waals surface area contributed by atoms with Crippen LogP contribution < -0.4 is 4.74 Å². The molecule has 150 valence electrons. The van der Waals surface area contributed by atoms with Gasteiger partial charge in [-0.2, -0.15) is 0 Å². The molecule has 3 heterocycles. The average molecular weight is 394 g/mol. The molecule has 2 amide bonds. The van der Waals surface area contributed by atoms with Crippen molar-refractivity contribution >= 4 is 22.6 Å². The van der Waals surface area contributed by atoms with E-state index in [1.54, 1.807) is 29.2 Å². The maximum absolute atomic E-state index is 12.9. The van der Waals surface area contributed by atoms with E-state index in [1.807, 2.05) is 31.2 Å². The number of hydrogen-bond acceptors (Lipinski definition) is 6. The number of carbonyl (C=O) groups excluding carboxylic acids is 2. The van der Waals surface area contributed by atoms with E-state index in [1.165, 1.54) is 6.26 Å². The van der Waals surface area contributed by atoms with Gasteiger partial charge in [0.25, 0.3) is 5.91 Å². The average Bonchev–Trinajstić information content (AvgIpc) is 3.22. The van der Waals surface area contributed by atoms with Gasteiger partial charge in [0.15, 0.2) is 12.3 Å². The number of pyridine rings is 1. The number of amides is 2. The molecular weight excluding hydrogens is 372 g/mol. The summed E-state index contributed by atoms with van der Waals surface area (Å²) in [7, 11) is 1.75. The monoisotopic (exact) mass is 394 g/mol. The summed E-state index contributed by atoms with van der Waals surface area (Å²) in [6, 6.07) is 7.11. The second kappa shape index (κ2) is 7.90. The standard InChI is InChI=1S/C21H22N4O4/c1-3-17-21(27)24(2)9-10-25(17)20(26)16-12-29-19(23-16)13-28-18-6-4-5-14-11-22-8-7-15(14)18/h4-8,11-12,17H,3,9-10,13H2,1-2H3/t17-/m0/s1. The van der Waals surface area contributed by atoms with Crippen LogP contribution in [0.25, 0.3) is 10.8 Å². The topological polar surface area (TPSA) is 88.8 Å². The highest BCUT2D eigenvalue weighted by Crippen LogP contribution is 2.25. The fraction of sp³-hybridized carbons (Fsp3) is 0.333. The van der Waals surface area contributed by atoms with Crippen molar-refractivity contribution in [2.24, 2.45) is 0 Å². The molecular formula is C21H22N4O4. The van der Waals surface area contributed by atoms with E-state index >= 15 is 0 Å². The number of rotatable bonds is 5. The minimum Gasteiger partial charge on any atom is -0.483 e. The number of nitrogens with zero attached hydrogens (tertiary/aromatic N) is 4. The summed E-state index contributed by atoms with van der Waals surface area (Å²) in [6.07, 6.45) is 5.35. The van der Waals surface area contributed by atoms with Gasteiger partial charge in [-0.1, -0.05) is 19.1 Å². The third-order valence-corrected chi connectivity index (χ3v) is 5.12. The van der Waals surface area contributed by atoms with Crippen LogP contribution in [0.1, 0.15) is 29.7 Å². The fourth-order valence-electron chi connectivity index (χ4n) is 3.53. The molecule has 4 rings (SSSR count). The Kier molecular flexibility index (Phi) is 5.16. The Labute approximate surface area is 168 Å². The third kappa shape index (κ3) is 3.65. The summed E-state index contributed by atoms with van der Waals surface area (Å²) in [5, 5.41) is 1.91. The van der Waals surface area contributed by atoms with Crippen LogP contribution in [-0.2, 0) is 11.4 Å². The Morgan fingerprint density at radius 2 is 2.17 bits per heavy atom. The Morgan fingerprint density at radius 1 is 1.31 bits per heavy atom. The zero-order chi connectivity index (χ0) is 20.4. The van der Waals surface area contributed by atoms with Crippen molar-refractivity contribution < 1.29 is 18.7 Å². The zero-order valence-electron chi connectivity index (χ0n) is 16.4. The van der Waals surface area contributed by atoms with Crippen LogP contribution in [0.5, 0.6) is 5.75 Å². The van der Waals surface area contributed by atoms with E-state index < -0.39 is 6.04 Å². The van der Waals surface area contributed by atoms with Gasteiger partial charge < -0.3 is 19.0 Å². The molecule has 0 radical (unpaired) electrons. The highest BCUT2D eigenvalue weighted by Gasteiger charge is 2.36. The van der Waals surface area contributed by atoms with Crippen LogP contribution in [0.15, 0.2) is 47.3 Å². The highest BCUT2D eigenvalue weighted by atomic mass is 16.5. The molecule has 1 aliphatic heterocycles. The quantitative estimate of drug-likeness (QED) is 0.661. The van der Waals surface area contributed by atoms with E-state index in [0.717, 1.165) is 10.8 Å². The van der Waals surface area contributed by atoms with Crippen LogP contribution in [-0.4, -0.2) is 57.8 Å². The highest BCUT2D eigenvalue weighted by molar-refractivity contribution is 5.96. The van der Waals surface area contributed by atoms with Crippen molar-refractivity contribution in [3.8, 4) is 5.75 Å². The third-order valence-electron chi connectivity index (χ3n) is 5.12. The molecule has 8 nitrogen and oxygen atoms in total. The zero-order valence-corrected chi connectivity index (χ0v) is 16.4. The first-order chi connectivity index (χ1) is 14.1. The summed E-state index contributed by atoms with van der Waals surface area (Å²) >= 11 is 0. The molecule has 29 heavy (non-hydrogen) atoms. The lowest BCUT2D eigenvalue weighted by Gasteiger charge is -2.38. The van der Waals surface area contributed by atoms with E-state index in [4.69, 9.17) is 9.15 Å². The Hall–Kier alpha value is -3.42. The number of likely N-dealkylation sites (N-methyl/N-ethyl adjacent to an activating group) is 1. The summed E-state index contributed by atoms with van der Waals surface area (Å²) in [4.78, 5) is 36.8.